The predicted octanol–water partition coefficient (Wildman–Crippen LogP) is 2.86. The number of carbonyl (C=O) groups is 1. The lowest BCUT2D eigenvalue weighted by molar-refractivity contribution is 0.0697. The van der Waals surface area contributed by atoms with Crippen molar-refractivity contribution in [1.29, 1.82) is 0 Å². The zero-order valence-corrected chi connectivity index (χ0v) is 12.6. The highest BCUT2D eigenvalue weighted by atomic mass is 35.5. The number of carboxylic acid groups (broad SMARTS) is 1. The van der Waals surface area contributed by atoms with E-state index in [0.29, 0.717) is 5.69 Å². The lowest BCUT2D eigenvalue weighted by atomic mass is 10.2. The number of carboxylic acids is 1. The molecule has 1 N–H and O–H groups in total. The maximum absolute atomic E-state index is 12.5. The Bertz CT molecular complexity index is 775. The third-order valence-corrected chi connectivity index (χ3v) is 5.04. The van der Waals surface area contributed by atoms with Crippen LogP contribution in [-0.4, -0.2) is 26.5 Å². The standard InChI is InChI=1S/C14H12ClNO4S/c1-16(10-5-3-2-4-6-10)21(19,20)11-7-8-12(14(17)18)13(15)9-11/h2-9H,1H3,(H,17,18). The summed E-state index contributed by atoms with van der Waals surface area (Å²) < 4.78 is 26.1. The lowest BCUT2D eigenvalue weighted by Crippen LogP contribution is -2.26. The maximum atomic E-state index is 12.5. The van der Waals surface area contributed by atoms with Crippen molar-refractivity contribution >= 4 is 33.3 Å². The van der Waals surface area contributed by atoms with E-state index in [1.165, 1.54) is 19.2 Å². The van der Waals surface area contributed by atoms with E-state index in [4.69, 9.17) is 16.7 Å². The monoisotopic (exact) mass is 325 g/mol. The largest absolute Gasteiger partial charge is 0.478 e. The SMILES string of the molecule is CN(c1ccccc1)S(=O)(=O)c1ccc(C(=O)O)c(Cl)c1. The molecule has 0 bridgehead atoms. The fourth-order valence-corrected chi connectivity index (χ4v) is 3.31. The van der Waals surface area contributed by atoms with Gasteiger partial charge in [-0.15, -0.1) is 0 Å². The highest BCUT2D eigenvalue weighted by Gasteiger charge is 2.23. The van der Waals surface area contributed by atoms with Crippen LogP contribution in [0.4, 0.5) is 5.69 Å². The normalized spacial score (nSPS) is 11.1. The Kier molecular flexibility index (Phi) is 4.20. The fraction of sp³-hybridized carbons (Fsp3) is 0.0714. The highest BCUT2D eigenvalue weighted by Crippen LogP contribution is 2.25. The van der Waals surface area contributed by atoms with Crippen LogP contribution in [0.25, 0.3) is 0 Å². The van der Waals surface area contributed by atoms with Crippen LogP contribution < -0.4 is 4.31 Å². The summed E-state index contributed by atoms with van der Waals surface area (Å²) in [5.41, 5.74) is 0.355. The van der Waals surface area contributed by atoms with Gasteiger partial charge in [-0.05, 0) is 30.3 Å². The summed E-state index contributed by atoms with van der Waals surface area (Å²) in [6.07, 6.45) is 0. The Hall–Kier alpha value is -2.05. The van der Waals surface area contributed by atoms with Crippen LogP contribution in [0.1, 0.15) is 10.4 Å². The summed E-state index contributed by atoms with van der Waals surface area (Å²) in [7, 11) is -2.38. The summed E-state index contributed by atoms with van der Waals surface area (Å²) in [5.74, 6) is -1.21. The third kappa shape index (κ3) is 3.01. The number of aromatic carboxylic acids is 1. The topological polar surface area (TPSA) is 74.7 Å². The zero-order chi connectivity index (χ0) is 15.6. The Morgan fingerprint density at radius 2 is 1.76 bits per heavy atom. The van der Waals surface area contributed by atoms with Gasteiger partial charge in [-0.25, -0.2) is 13.2 Å². The van der Waals surface area contributed by atoms with Gasteiger partial charge >= 0.3 is 5.97 Å². The fourth-order valence-electron chi connectivity index (χ4n) is 1.76. The number of hydrogen-bond donors (Lipinski definition) is 1. The van der Waals surface area contributed by atoms with Gasteiger partial charge in [0.15, 0.2) is 0 Å². The molecule has 0 fully saturated rings. The van der Waals surface area contributed by atoms with E-state index < -0.39 is 16.0 Å². The molecule has 0 amide bonds. The Labute approximate surface area is 127 Å². The van der Waals surface area contributed by atoms with Crippen molar-refractivity contribution in [2.75, 3.05) is 11.4 Å². The molecule has 0 aliphatic carbocycles. The van der Waals surface area contributed by atoms with Crippen LogP contribution in [0.5, 0.6) is 0 Å². The molecule has 110 valence electrons. The first kappa shape index (κ1) is 15.3. The minimum atomic E-state index is -3.80. The molecule has 0 unspecified atom stereocenters. The van der Waals surface area contributed by atoms with Gasteiger partial charge in [-0.1, -0.05) is 29.8 Å². The summed E-state index contributed by atoms with van der Waals surface area (Å²) >= 11 is 5.82. The molecule has 0 heterocycles. The summed E-state index contributed by atoms with van der Waals surface area (Å²) in [4.78, 5) is 10.8. The molecule has 0 aromatic heterocycles. The van der Waals surface area contributed by atoms with E-state index in [2.05, 4.69) is 0 Å². The summed E-state index contributed by atoms with van der Waals surface area (Å²) in [6, 6.07) is 12.1. The van der Waals surface area contributed by atoms with Crippen LogP contribution in [0.3, 0.4) is 0 Å². The number of sulfonamides is 1. The Morgan fingerprint density at radius 1 is 1.14 bits per heavy atom. The van der Waals surface area contributed by atoms with Crippen molar-refractivity contribution in [3.05, 3.63) is 59.1 Å². The van der Waals surface area contributed by atoms with Crippen molar-refractivity contribution in [3.8, 4) is 0 Å². The van der Waals surface area contributed by atoms with Crippen LogP contribution in [0.15, 0.2) is 53.4 Å². The minimum absolute atomic E-state index is 0.0659. The van der Waals surface area contributed by atoms with E-state index in [-0.39, 0.29) is 15.5 Å². The highest BCUT2D eigenvalue weighted by molar-refractivity contribution is 7.92. The van der Waals surface area contributed by atoms with Gasteiger partial charge in [0.25, 0.3) is 10.0 Å². The number of nitrogens with zero attached hydrogens (tertiary/aromatic N) is 1. The maximum Gasteiger partial charge on any atom is 0.337 e. The molecule has 7 heteroatoms. The van der Waals surface area contributed by atoms with Gasteiger partial charge < -0.3 is 5.11 Å². The quantitative estimate of drug-likeness (QED) is 0.938. The lowest BCUT2D eigenvalue weighted by Gasteiger charge is -2.19. The van der Waals surface area contributed by atoms with Crippen LogP contribution in [-0.2, 0) is 10.0 Å². The van der Waals surface area contributed by atoms with Crippen LogP contribution >= 0.6 is 11.6 Å². The second-order valence-electron chi connectivity index (χ2n) is 4.25. The van der Waals surface area contributed by atoms with Gasteiger partial charge in [-0.3, -0.25) is 4.31 Å². The molecule has 5 nitrogen and oxygen atoms in total. The molecule has 0 aliphatic heterocycles. The number of benzene rings is 2. The zero-order valence-electron chi connectivity index (χ0n) is 11.0. The first-order valence-corrected chi connectivity index (χ1v) is 7.72. The summed E-state index contributed by atoms with van der Waals surface area (Å²) in [5, 5.41) is 8.78. The van der Waals surface area contributed by atoms with E-state index >= 15 is 0 Å². The van der Waals surface area contributed by atoms with Gasteiger partial charge in [0.05, 0.1) is 21.2 Å². The van der Waals surface area contributed by atoms with E-state index in [9.17, 15) is 13.2 Å². The molecule has 2 rings (SSSR count). The second-order valence-corrected chi connectivity index (χ2v) is 6.63. The molecular formula is C14H12ClNO4S. The molecule has 0 saturated carbocycles. The van der Waals surface area contributed by atoms with E-state index in [1.807, 2.05) is 0 Å². The van der Waals surface area contributed by atoms with Crippen molar-refractivity contribution in [2.45, 2.75) is 4.90 Å². The van der Waals surface area contributed by atoms with Crippen molar-refractivity contribution in [1.82, 2.24) is 0 Å². The first-order valence-electron chi connectivity index (χ1n) is 5.91. The van der Waals surface area contributed by atoms with E-state index in [1.54, 1.807) is 30.3 Å². The molecule has 0 atom stereocenters. The van der Waals surface area contributed by atoms with Gasteiger partial charge in [-0.2, -0.15) is 0 Å². The number of hydrogen-bond acceptors (Lipinski definition) is 3. The number of rotatable bonds is 4. The molecule has 2 aromatic carbocycles. The number of halogens is 1. The number of para-hydroxylation sites is 1. The summed E-state index contributed by atoms with van der Waals surface area (Å²) in [6.45, 7) is 0. The molecule has 0 aliphatic rings. The molecule has 21 heavy (non-hydrogen) atoms. The van der Waals surface area contributed by atoms with Crippen molar-refractivity contribution in [2.24, 2.45) is 0 Å². The smallest absolute Gasteiger partial charge is 0.337 e. The van der Waals surface area contributed by atoms with Crippen LogP contribution in [0, 0.1) is 0 Å². The molecule has 0 saturated heterocycles. The van der Waals surface area contributed by atoms with Crippen molar-refractivity contribution < 1.29 is 18.3 Å². The van der Waals surface area contributed by atoms with Gasteiger partial charge in [0, 0.05) is 7.05 Å². The second kappa shape index (κ2) is 5.75. The van der Waals surface area contributed by atoms with Crippen molar-refractivity contribution in [3.63, 3.8) is 0 Å². The third-order valence-electron chi connectivity index (χ3n) is 2.95. The Morgan fingerprint density at radius 3 is 2.29 bits per heavy atom. The van der Waals surface area contributed by atoms with Gasteiger partial charge in [0.2, 0.25) is 0 Å². The number of anilines is 1. The van der Waals surface area contributed by atoms with Crippen LogP contribution in [0.2, 0.25) is 5.02 Å². The molecular weight excluding hydrogens is 314 g/mol. The molecule has 0 spiro atoms. The van der Waals surface area contributed by atoms with E-state index in [0.717, 1.165) is 10.4 Å². The predicted molar refractivity (Wildman–Crippen MR) is 80.4 cm³/mol. The molecule has 0 radical (unpaired) electrons. The first-order chi connectivity index (χ1) is 9.84. The minimum Gasteiger partial charge on any atom is -0.478 e. The molecule has 2 aromatic rings. The van der Waals surface area contributed by atoms with Gasteiger partial charge in [0.1, 0.15) is 0 Å². The average molecular weight is 326 g/mol. The Balaban J connectivity index is 2.45. The average Bonchev–Trinajstić information content (AvgIpc) is 2.46.